The van der Waals surface area contributed by atoms with E-state index in [9.17, 15) is 15.0 Å². The quantitative estimate of drug-likeness (QED) is 0.606. The first-order valence-corrected chi connectivity index (χ1v) is 5.59. The lowest BCUT2D eigenvalue weighted by atomic mass is 10.0. The molecule has 17 heavy (non-hydrogen) atoms. The van der Waals surface area contributed by atoms with E-state index in [2.05, 4.69) is 9.72 Å². The Labute approximate surface area is 104 Å². The summed E-state index contributed by atoms with van der Waals surface area (Å²) >= 11 is 5.47. The van der Waals surface area contributed by atoms with E-state index in [1.54, 1.807) is 0 Å². The van der Waals surface area contributed by atoms with Gasteiger partial charge < -0.3 is 14.9 Å². The number of methoxy groups -OCH3 is 1. The summed E-state index contributed by atoms with van der Waals surface area (Å²) in [6.45, 7) is 0. The second kappa shape index (κ2) is 6.54. The molecule has 94 valence electrons. The van der Waals surface area contributed by atoms with Crippen LogP contribution >= 0.6 is 11.6 Å². The summed E-state index contributed by atoms with van der Waals surface area (Å²) in [4.78, 5) is 15.1. The van der Waals surface area contributed by atoms with Gasteiger partial charge in [-0.05, 0) is 12.5 Å². The summed E-state index contributed by atoms with van der Waals surface area (Å²) < 4.78 is 4.53. The number of aliphatic hydroxyl groups excluding tert-OH is 2. The Bertz CT molecular complexity index is 385. The molecular formula is C11H14ClNO4. The van der Waals surface area contributed by atoms with Crippen LogP contribution in [0.2, 0.25) is 0 Å². The SMILES string of the molecule is COC(=O)c1cncc(C(O)C(O)CCCl)c1. The molecule has 0 saturated heterocycles. The molecule has 0 radical (unpaired) electrons. The van der Waals surface area contributed by atoms with Gasteiger partial charge in [-0.3, -0.25) is 4.98 Å². The number of carbonyl (C=O) groups is 1. The molecule has 0 spiro atoms. The third-order valence-corrected chi connectivity index (χ3v) is 2.51. The Hall–Kier alpha value is -1.17. The van der Waals surface area contributed by atoms with Gasteiger partial charge in [-0.2, -0.15) is 0 Å². The van der Waals surface area contributed by atoms with Gasteiger partial charge in [0, 0.05) is 23.8 Å². The molecule has 2 N–H and O–H groups in total. The minimum absolute atomic E-state index is 0.224. The zero-order valence-electron chi connectivity index (χ0n) is 9.34. The van der Waals surface area contributed by atoms with Gasteiger partial charge in [0.05, 0.1) is 18.8 Å². The molecule has 0 fully saturated rings. The van der Waals surface area contributed by atoms with Gasteiger partial charge in [-0.15, -0.1) is 11.6 Å². The van der Waals surface area contributed by atoms with Gasteiger partial charge in [0.15, 0.2) is 0 Å². The van der Waals surface area contributed by atoms with Crippen LogP contribution in [0.4, 0.5) is 0 Å². The monoisotopic (exact) mass is 259 g/mol. The first kappa shape index (κ1) is 13.9. The number of aliphatic hydroxyl groups is 2. The van der Waals surface area contributed by atoms with Crippen molar-refractivity contribution in [1.29, 1.82) is 0 Å². The number of hydrogen-bond acceptors (Lipinski definition) is 5. The average Bonchev–Trinajstić information content (AvgIpc) is 2.37. The second-order valence-electron chi connectivity index (χ2n) is 3.49. The third-order valence-electron chi connectivity index (χ3n) is 2.29. The van der Waals surface area contributed by atoms with E-state index < -0.39 is 18.2 Å². The topological polar surface area (TPSA) is 79.7 Å². The zero-order chi connectivity index (χ0) is 12.8. The highest BCUT2D eigenvalue weighted by molar-refractivity contribution is 6.17. The molecule has 2 atom stereocenters. The van der Waals surface area contributed by atoms with Crippen molar-refractivity contribution >= 4 is 17.6 Å². The highest BCUT2D eigenvalue weighted by Gasteiger charge is 2.19. The predicted molar refractivity (Wildman–Crippen MR) is 61.9 cm³/mol. The molecule has 6 heteroatoms. The van der Waals surface area contributed by atoms with E-state index >= 15 is 0 Å². The summed E-state index contributed by atoms with van der Waals surface area (Å²) in [6.07, 6.45) is 0.864. The number of nitrogens with zero attached hydrogens (tertiary/aromatic N) is 1. The maximum Gasteiger partial charge on any atom is 0.339 e. The number of alkyl halides is 1. The van der Waals surface area contributed by atoms with Crippen LogP contribution in [0.15, 0.2) is 18.5 Å². The third kappa shape index (κ3) is 3.66. The summed E-state index contributed by atoms with van der Waals surface area (Å²) in [7, 11) is 1.26. The number of esters is 1. The highest BCUT2D eigenvalue weighted by Crippen LogP contribution is 2.19. The van der Waals surface area contributed by atoms with Crippen molar-refractivity contribution in [1.82, 2.24) is 4.98 Å². The highest BCUT2D eigenvalue weighted by atomic mass is 35.5. The van der Waals surface area contributed by atoms with E-state index in [0.717, 1.165) is 0 Å². The van der Waals surface area contributed by atoms with E-state index in [4.69, 9.17) is 11.6 Å². The van der Waals surface area contributed by atoms with Gasteiger partial charge >= 0.3 is 5.97 Å². The fourth-order valence-corrected chi connectivity index (χ4v) is 1.56. The Morgan fingerprint density at radius 3 is 2.82 bits per heavy atom. The fourth-order valence-electron chi connectivity index (χ4n) is 1.34. The van der Waals surface area contributed by atoms with Crippen molar-refractivity contribution in [3.8, 4) is 0 Å². The number of halogens is 1. The Kier molecular flexibility index (Phi) is 5.34. The molecule has 1 rings (SSSR count). The van der Waals surface area contributed by atoms with Crippen LogP contribution in [-0.4, -0.2) is 40.3 Å². The Morgan fingerprint density at radius 2 is 2.24 bits per heavy atom. The summed E-state index contributed by atoms with van der Waals surface area (Å²) in [5.74, 6) is -0.305. The van der Waals surface area contributed by atoms with Crippen LogP contribution in [0.3, 0.4) is 0 Å². The molecule has 0 aliphatic heterocycles. The normalized spacial score (nSPS) is 14.1. The van der Waals surface area contributed by atoms with Gasteiger partial charge in [0.2, 0.25) is 0 Å². The van der Waals surface area contributed by atoms with Crippen molar-refractivity contribution in [2.75, 3.05) is 13.0 Å². The average molecular weight is 260 g/mol. The van der Waals surface area contributed by atoms with Crippen molar-refractivity contribution in [3.63, 3.8) is 0 Å². The molecular weight excluding hydrogens is 246 g/mol. The summed E-state index contributed by atoms with van der Waals surface area (Å²) in [6, 6.07) is 1.43. The molecule has 0 aromatic carbocycles. The van der Waals surface area contributed by atoms with Crippen LogP contribution in [0.1, 0.15) is 28.4 Å². The van der Waals surface area contributed by atoms with Crippen LogP contribution in [0.25, 0.3) is 0 Å². The minimum Gasteiger partial charge on any atom is -0.465 e. The van der Waals surface area contributed by atoms with E-state index in [0.29, 0.717) is 5.56 Å². The molecule has 0 bridgehead atoms. The number of ether oxygens (including phenoxy) is 1. The number of carbonyl (C=O) groups excluding carboxylic acids is 1. The molecule has 2 unspecified atom stereocenters. The number of aromatic nitrogens is 1. The second-order valence-corrected chi connectivity index (χ2v) is 3.87. The van der Waals surface area contributed by atoms with Gasteiger partial charge in [0.1, 0.15) is 6.10 Å². The number of pyridine rings is 1. The Balaban J connectivity index is 2.87. The van der Waals surface area contributed by atoms with Crippen LogP contribution < -0.4 is 0 Å². The van der Waals surface area contributed by atoms with Crippen molar-refractivity contribution in [2.24, 2.45) is 0 Å². The van der Waals surface area contributed by atoms with E-state index in [-0.39, 0.29) is 17.9 Å². The molecule has 0 aliphatic rings. The molecule has 1 aromatic heterocycles. The largest absolute Gasteiger partial charge is 0.465 e. The van der Waals surface area contributed by atoms with Gasteiger partial charge in [-0.25, -0.2) is 4.79 Å². The molecule has 0 aliphatic carbocycles. The van der Waals surface area contributed by atoms with Crippen LogP contribution in [0.5, 0.6) is 0 Å². The zero-order valence-corrected chi connectivity index (χ0v) is 10.1. The first-order chi connectivity index (χ1) is 8.10. The minimum atomic E-state index is -1.12. The lowest BCUT2D eigenvalue weighted by molar-refractivity contribution is 0.0167. The van der Waals surface area contributed by atoms with Gasteiger partial charge in [0.25, 0.3) is 0 Å². The molecule has 0 saturated carbocycles. The summed E-state index contributed by atoms with van der Waals surface area (Å²) in [5.41, 5.74) is 0.577. The Morgan fingerprint density at radius 1 is 1.53 bits per heavy atom. The van der Waals surface area contributed by atoms with Crippen molar-refractivity contribution in [2.45, 2.75) is 18.6 Å². The van der Waals surface area contributed by atoms with Crippen LogP contribution in [-0.2, 0) is 4.74 Å². The van der Waals surface area contributed by atoms with Crippen LogP contribution in [0, 0.1) is 0 Å². The van der Waals surface area contributed by atoms with E-state index in [1.165, 1.54) is 25.6 Å². The molecule has 0 amide bonds. The molecule has 1 aromatic rings. The predicted octanol–water partition coefficient (Wildman–Crippen LogP) is 0.891. The standard InChI is InChI=1S/C11H14ClNO4/c1-17-11(16)8-4-7(5-13-6-8)10(15)9(14)2-3-12/h4-6,9-10,14-15H,2-3H2,1H3. The molecule has 5 nitrogen and oxygen atoms in total. The van der Waals surface area contributed by atoms with Crippen molar-refractivity contribution in [3.05, 3.63) is 29.6 Å². The first-order valence-electron chi connectivity index (χ1n) is 5.05. The maximum absolute atomic E-state index is 11.3. The maximum atomic E-state index is 11.3. The molecule has 1 heterocycles. The van der Waals surface area contributed by atoms with E-state index in [1.807, 2.05) is 0 Å². The fraction of sp³-hybridized carbons (Fsp3) is 0.455. The lowest BCUT2D eigenvalue weighted by Crippen LogP contribution is -2.19. The lowest BCUT2D eigenvalue weighted by Gasteiger charge is -2.17. The van der Waals surface area contributed by atoms with Crippen molar-refractivity contribution < 1.29 is 19.7 Å². The number of hydrogen-bond donors (Lipinski definition) is 2. The summed E-state index contributed by atoms with van der Waals surface area (Å²) in [5, 5.41) is 19.4. The smallest absolute Gasteiger partial charge is 0.339 e. The number of rotatable bonds is 5. The van der Waals surface area contributed by atoms with Gasteiger partial charge in [-0.1, -0.05) is 0 Å².